The van der Waals surface area contributed by atoms with Gasteiger partial charge in [-0.2, -0.15) is 4.99 Å². The van der Waals surface area contributed by atoms with E-state index in [1.54, 1.807) is 0 Å². The molecule has 5 heteroatoms. The molecule has 1 fully saturated rings. The van der Waals surface area contributed by atoms with Gasteiger partial charge in [0.05, 0.1) is 4.91 Å². The number of thioether (sulfide) groups is 1. The lowest BCUT2D eigenvalue weighted by Crippen LogP contribution is -2.33. The van der Waals surface area contributed by atoms with Crippen molar-refractivity contribution < 1.29 is 4.79 Å². The predicted octanol–water partition coefficient (Wildman–Crippen LogP) is 4.22. The van der Waals surface area contributed by atoms with E-state index in [0.29, 0.717) is 5.92 Å². The number of hydrogen-bond donors (Lipinski definition) is 0. The first-order valence-electron chi connectivity index (χ1n) is 8.90. The van der Waals surface area contributed by atoms with Gasteiger partial charge < -0.3 is 9.47 Å². The van der Waals surface area contributed by atoms with Crippen LogP contribution >= 0.6 is 11.8 Å². The smallest absolute Gasteiger partial charge is 0.286 e. The molecule has 0 saturated carbocycles. The Kier molecular flexibility index (Phi) is 5.18. The van der Waals surface area contributed by atoms with Crippen molar-refractivity contribution in [2.45, 2.75) is 53.5 Å². The van der Waals surface area contributed by atoms with Crippen LogP contribution in [0.1, 0.15) is 50.1 Å². The van der Waals surface area contributed by atoms with E-state index in [1.165, 1.54) is 42.4 Å². The summed E-state index contributed by atoms with van der Waals surface area (Å²) in [6.07, 6.45) is 5.70. The number of amidine groups is 1. The normalized spacial score (nSPS) is 20.4. The molecule has 0 aliphatic carbocycles. The van der Waals surface area contributed by atoms with Crippen molar-refractivity contribution in [1.82, 2.24) is 9.47 Å². The molecule has 130 valence electrons. The number of aromatic nitrogens is 1. The number of aliphatic imine (C=N–C) groups is 1. The third-order valence-corrected chi connectivity index (χ3v) is 5.73. The first-order valence-corrected chi connectivity index (χ1v) is 9.71. The van der Waals surface area contributed by atoms with Gasteiger partial charge in [-0.25, -0.2) is 0 Å². The van der Waals surface area contributed by atoms with Crippen LogP contribution in [0.5, 0.6) is 0 Å². The number of likely N-dealkylation sites (tertiary alicyclic amines) is 1. The molecular formula is C19H27N3OS. The van der Waals surface area contributed by atoms with Gasteiger partial charge in [0.2, 0.25) is 0 Å². The van der Waals surface area contributed by atoms with Crippen molar-refractivity contribution >= 4 is 28.9 Å². The van der Waals surface area contributed by atoms with Crippen LogP contribution in [-0.2, 0) is 11.3 Å². The van der Waals surface area contributed by atoms with Gasteiger partial charge in [0.15, 0.2) is 5.17 Å². The van der Waals surface area contributed by atoms with Gasteiger partial charge in [0.25, 0.3) is 5.91 Å². The standard InChI is InChI=1S/C19H27N3OS/c1-13(2)12-22-14(3)10-16(15(22)4)11-17-18(23)20-19(24-17)21-8-6-5-7-9-21/h10-11,13H,5-9,12H2,1-4H3/b17-11-. The summed E-state index contributed by atoms with van der Waals surface area (Å²) in [6, 6.07) is 2.18. The molecule has 0 bridgehead atoms. The molecule has 2 aliphatic rings. The zero-order valence-electron chi connectivity index (χ0n) is 15.1. The first-order chi connectivity index (χ1) is 11.5. The van der Waals surface area contributed by atoms with E-state index in [4.69, 9.17) is 0 Å². The van der Waals surface area contributed by atoms with Crippen LogP contribution in [0.3, 0.4) is 0 Å². The molecule has 0 atom stereocenters. The van der Waals surface area contributed by atoms with Crippen LogP contribution in [-0.4, -0.2) is 33.6 Å². The molecule has 4 nitrogen and oxygen atoms in total. The second kappa shape index (κ2) is 7.18. The van der Waals surface area contributed by atoms with Gasteiger partial charge in [-0.05, 0) is 68.5 Å². The lowest BCUT2D eigenvalue weighted by molar-refractivity contribution is -0.113. The SMILES string of the molecule is Cc1cc(/C=C2\SC(N3CCCCC3)=NC2=O)c(C)n1CC(C)C. The summed E-state index contributed by atoms with van der Waals surface area (Å²) in [6.45, 7) is 11.8. The quantitative estimate of drug-likeness (QED) is 0.770. The minimum Gasteiger partial charge on any atom is -0.351 e. The highest BCUT2D eigenvalue weighted by atomic mass is 32.2. The van der Waals surface area contributed by atoms with Gasteiger partial charge in [-0.15, -0.1) is 0 Å². The molecule has 1 saturated heterocycles. The molecule has 3 rings (SSSR count). The Labute approximate surface area is 149 Å². The number of amides is 1. The first kappa shape index (κ1) is 17.3. The maximum absolute atomic E-state index is 12.3. The van der Waals surface area contributed by atoms with Crippen LogP contribution in [0.2, 0.25) is 0 Å². The molecular weight excluding hydrogens is 318 g/mol. The highest BCUT2D eigenvalue weighted by Gasteiger charge is 2.27. The number of piperidine rings is 1. The van der Waals surface area contributed by atoms with E-state index in [-0.39, 0.29) is 5.91 Å². The Bertz CT molecular complexity index is 694. The van der Waals surface area contributed by atoms with Gasteiger partial charge in [0.1, 0.15) is 0 Å². The van der Waals surface area contributed by atoms with E-state index in [2.05, 4.69) is 48.2 Å². The second-order valence-electron chi connectivity index (χ2n) is 7.19. The summed E-state index contributed by atoms with van der Waals surface area (Å²) in [5, 5.41) is 0.891. The molecule has 0 aromatic carbocycles. The predicted molar refractivity (Wildman–Crippen MR) is 102 cm³/mol. The molecule has 1 aromatic rings. The van der Waals surface area contributed by atoms with Crippen LogP contribution in [0, 0.1) is 19.8 Å². The molecule has 0 unspecified atom stereocenters. The van der Waals surface area contributed by atoms with E-state index in [0.717, 1.165) is 35.3 Å². The maximum Gasteiger partial charge on any atom is 0.286 e. The molecule has 24 heavy (non-hydrogen) atoms. The molecule has 1 amide bonds. The number of carbonyl (C=O) groups excluding carboxylic acids is 1. The highest BCUT2D eigenvalue weighted by molar-refractivity contribution is 8.18. The number of carbonyl (C=O) groups is 1. The Morgan fingerprint density at radius 2 is 1.96 bits per heavy atom. The van der Waals surface area contributed by atoms with Crippen LogP contribution in [0.4, 0.5) is 0 Å². The lowest BCUT2D eigenvalue weighted by Gasteiger charge is -2.27. The van der Waals surface area contributed by atoms with Crippen molar-refractivity contribution in [3.63, 3.8) is 0 Å². The molecule has 3 heterocycles. The highest BCUT2D eigenvalue weighted by Crippen LogP contribution is 2.32. The Hall–Kier alpha value is -1.49. The average Bonchev–Trinajstić information content (AvgIpc) is 3.04. The monoisotopic (exact) mass is 345 g/mol. The fourth-order valence-electron chi connectivity index (χ4n) is 3.38. The van der Waals surface area contributed by atoms with Crippen molar-refractivity contribution in [2.24, 2.45) is 10.9 Å². The summed E-state index contributed by atoms with van der Waals surface area (Å²) in [5.74, 6) is 0.515. The molecule has 1 aromatic heterocycles. The largest absolute Gasteiger partial charge is 0.351 e. The molecule has 2 aliphatic heterocycles. The summed E-state index contributed by atoms with van der Waals surface area (Å²) < 4.78 is 2.34. The van der Waals surface area contributed by atoms with Gasteiger partial charge >= 0.3 is 0 Å². The van der Waals surface area contributed by atoms with Gasteiger partial charge in [-0.1, -0.05) is 13.8 Å². The Balaban J connectivity index is 1.79. The van der Waals surface area contributed by atoms with Gasteiger partial charge in [0, 0.05) is 31.0 Å². The minimum absolute atomic E-state index is 0.0887. The fraction of sp³-hybridized carbons (Fsp3) is 0.579. The second-order valence-corrected chi connectivity index (χ2v) is 8.20. The Morgan fingerprint density at radius 3 is 2.62 bits per heavy atom. The van der Waals surface area contributed by atoms with E-state index < -0.39 is 0 Å². The van der Waals surface area contributed by atoms with E-state index in [9.17, 15) is 4.79 Å². The van der Waals surface area contributed by atoms with Crippen molar-refractivity contribution in [3.05, 3.63) is 27.9 Å². The van der Waals surface area contributed by atoms with Crippen molar-refractivity contribution in [3.8, 4) is 0 Å². The molecule has 0 radical (unpaired) electrons. The lowest BCUT2D eigenvalue weighted by atomic mass is 10.1. The minimum atomic E-state index is -0.0887. The number of hydrogen-bond acceptors (Lipinski definition) is 3. The topological polar surface area (TPSA) is 37.6 Å². The van der Waals surface area contributed by atoms with E-state index >= 15 is 0 Å². The Morgan fingerprint density at radius 1 is 1.25 bits per heavy atom. The maximum atomic E-state index is 12.3. The third kappa shape index (κ3) is 3.61. The zero-order chi connectivity index (χ0) is 17.3. The summed E-state index contributed by atoms with van der Waals surface area (Å²) in [4.78, 5) is 19.6. The molecule has 0 N–H and O–H groups in total. The van der Waals surface area contributed by atoms with Crippen LogP contribution in [0.25, 0.3) is 6.08 Å². The number of nitrogens with zero attached hydrogens (tertiary/aromatic N) is 3. The number of aryl methyl sites for hydroxylation is 1. The van der Waals surface area contributed by atoms with Crippen molar-refractivity contribution in [1.29, 1.82) is 0 Å². The average molecular weight is 346 g/mol. The van der Waals surface area contributed by atoms with Gasteiger partial charge in [-0.3, -0.25) is 4.79 Å². The third-order valence-electron chi connectivity index (χ3n) is 4.68. The zero-order valence-corrected chi connectivity index (χ0v) is 15.9. The number of rotatable bonds is 3. The van der Waals surface area contributed by atoms with Crippen LogP contribution < -0.4 is 0 Å². The molecule has 0 spiro atoms. The fourth-order valence-corrected chi connectivity index (χ4v) is 4.34. The van der Waals surface area contributed by atoms with Crippen molar-refractivity contribution in [2.75, 3.05) is 13.1 Å². The van der Waals surface area contributed by atoms with Crippen LogP contribution in [0.15, 0.2) is 16.0 Å². The summed E-state index contributed by atoms with van der Waals surface area (Å²) >= 11 is 1.54. The summed E-state index contributed by atoms with van der Waals surface area (Å²) in [5.41, 5.74) is 3.62. The van der Waals surface area contributed by atoms with E-state index in [1.807, 2.05) is 6.08 Å². The summed E-state index contributed by atoms with van der Waals surface area (Å²) in [7, 11) is 0.